The number of aliphatic imine (C=N–C) groups is 1. The Balaban J connectivity index is 2.26. The van der Waals surface area contributed by atoms with Crippen LogP contribution in [0.1, 0.15) is 5.56 Å². The number of hydrogen-bond acceptors (Lipinski definition) is 5. The summed E-state index contributed by atoms with van der Waals surface area (Å²) < 4.78 is 1.94. The summed E-state index contributed by atoms with van der Waals surface area (Å²) in [6, 6.07) is 5.85. The molecule has 18 heavy (non-hydrogen) atoms. The van der Waals surface area contributed by atoms with Gasteiger partial charge < -0.3 is 15.6 Å². The molecule has 0 aliphatic carbocycles. The highest BCUT2D eigenvalue weighted by Crippen LogP contribution is 2.29. The Kier molecular flexibility index (Phi) is 2.14. The third-order valence-corrected chi connectivity index (χ3v) is 3.06. The molecular formula is C12H14N6. The largest absolute Gasteiger partial charge is 0.370 e. The molecule has 2 aromatic rings. The number of nitrogens with zero attached hydrogens (tertiary/aromatic N) is 3. The van der Waals surface area contributed by atoms with Crippen molar-refractivity contribution in [3.8, 4) is 0 Å². The van der Waals surface area contributed by atoms with Crippen molar-refractivity contribution in [1.29, 1.82) is 0 Å². The molecule has 2 heterocycles. The van der Waals surface area contributed by atoms with E-state index >= 15 is 0 Å². The van der Waals surface area contributed by atoms with Crippen LogP contribution in [0.4, 0.5) is 0 Å². The lowest BCUT2D eigenvalue weighted by Crippen LogP contribution is -2.42. The van der Waals surface area contributed by atoms with Crippen LogP contribution in [0.5, 0.6) is 0 Å². The third-order valence-electron chi connectivity index (χ3n) is 3.06. The monoisotopic (exact) mass is 242 g/mol. The lowest BCUT2D eigenvalue weighted by Gasteiger charge is -2.25. The molecule has 0 bridgehead atoms. The van der Waals surface area contributed by atoms with Gasteiger partial charge in [0.05, 0.1) is 17.4 Å². The van der Waals surface area contributed by atoms with Crippen molar-refractivity contribution in [2.45, 2.75) is 5.66 Å². The predicted molar refractivity (Wildman–Crippen MR) is 70.5 cm³/mol. The maximum absolute atomic E-state index is 6.30. The van der Waals surface area contributed by atoms with E-state index in [4.69, 9.17) is 11.5 Å². The van der Waals surface area contributed by atoms with E-state index in [1.54, 1.807) is 18.6 Å². The van der Waals surface area contributed by atoms with E-state index < -0.39 is 5.66 Å². The van der Waals surface area contributed by atoms with Crippen molar-refractivity contribution in [2.75, 3.05) is 0 Å². The number of hydrogen-bond donors (Lipinski definition) is 3. The number of fused-ring (bicyclic) bond motifs is 1. The fourth-order valence-corrected chi connectivity index (χ4v) is 2.15. The number of aromatic nitrogens is 2. The van der Waals surface area contributed by atoms with E-state index in [1.165, 1.54) is 0 Å². The molecule has 6 nitrogen and oxygen atoms in total. The summed E-state index contributed by atoms with van der Waals surface area (Å²) in [6.07, 6.45) is 5.23. The SMILES string of the molecule is Cn1cnc2c(C3(N)C=CNC(N)=N3)cccc21. The zero-order chi connectivity index (χ0) is 12.8. The summed E-state index contributed by atoms with van der Waals surface area (Å²) in [5.74, 6) is 0.299. The summed E-state index contributed by atoms with van der Waals surface area (Å²) in [5.41, 5.74) is 13.7. The zero-order valence-electron chi connectivity index (χ0n) is 9.96. The van der Waals surface area contributed by atoms with Gasteiger partial charge in [-0.2, -0.15) is 0 Å². The van der Waals surface area contributed by atoms with E-state index in [0.717, 1.165) is 16.6 Å². The molecule has 0 saturated heterocycles. The van der Waals surface area contributed by atoms with Crippen LogP contribution in [0.3, 0.4) is 0 Å². The number of benzene rings is 1. The van der Waals surface area contributed by atoms with Crippen LogP contribution < -0.4 is 16.8 Å². The van der Waals surface area contributed by atoms with Gasteiger partial charge in [-0.1, -0.05) is 12.1 Å². The maximum Gasteiger partial charge on any atom is 0.195 e. The molecule has 92 valence electrons. The van der Waals surface area contributed by atoms with Gasteiger partial charge in [-0.05, 0) is 12.1 Å². The van der Waals surface area contributed by atoms with Crippen LogP contribution in [-0.4, -0.2) is 15.5 Å². The highest BCUT2D eigenvalue weighted by atomic mass is 15.2. The van der Waals surface area contributed by atoms with E-state index in [2.05, 4.69) is 15.3 Å². The number of imidazole rings is 1. The van der Waals surface area contributed by atoms with Crippen LogP contribution in [0.25, 0.3) is 11.0 Å². The van der Waals surface area contributed by atoms with Gasteiger partial charge in [0.25, 0.3) is 0 Å². The molecule has 0 spiro atoms. The van der Waals surface area contributed by atoms with Crippen LogP contribution in [-0.2, 0) is 12.7 Å². The van der Waals surface area contributed by atoms with Gasteiger partial charge in [0, 0.05) is 18.8 Å². The molecule has 5 N–H and O–H groups in total. The van der Waals surface area contributed by atoms with Gasteiger partial charge >= 0.3 is 0 Å². The fourth-order valence-electron chi connectivity index (χ4n) is 2.15. The van der Waals surface area contributed by atoms with Gasteiger partial charge in [-0.25, -0.2) is 9.98 Å². The second-order valence-corrected chi connectivity index (χ2v) is 4.33. The average Bonchev–Trinajstić information content (AvgIpc) is 2.71. The number of guanidine groups is 1. The molecule has 1 aromatic carbocycles. The predicted octanol–water partition coefficient (Wildman–Crippen LogP) is 0.116. The molecule has 0 saturated carbocycles. The smallest absolute Gasteiger partial charge is 0.195 e. The van der Waals surface area contributed by atoms with E-state index in [0.29, 0.717) is 5.96 Å². The third kappa shape index (κ3) is 1.46. The van der Waals surface area contributed by atoms with Crippen molar-refractivity contribution in [1.82, 2.24) is 14.9 Å². The van der Waals surface area contributed by atoms with Gasteiger partial charge in [0.15, 0.2) is 11.6 Å². The molecule has 1 aliphatic rings. The summed E-state index contributed by atoms with van der Waals surface area (Å²) in [4.78, 5) is 8.65. The minimum Gasteiger partial charge on any atom is -0.370 e. The first-order valence-electron chi connectivity index (χ1n) is 5.59. The molecule has 0 radical (unpaired) electrons. The molecule has 3 rings (SSSR count). The second-order valence-electron chi connectivity index (χ2n) is 4.33. The van der Waals surface area contributed by atoms with Crippen LogP contribution in [0.15, 0.2) is 41.8 Å². The average molecular weight is 242 g/mol. The highest BCUT2D eigenvalue weighted by molar-refractivity contribution is 5.84. The summed E-state index contributed by atoms with van der Waals surface area (Å²) >= 11 is 0. The summed E-state index contributed by atoms with van der Waals surface area (Å²) in [7, 11) is 1.94. The Morgan fingerprint density at radius 2 is 2.22 bits per heavy atom. The normalized spacial score (nSPS) is 22.9. The van der Waals surface area contributed by atoms with Crippen LogP contribution >= 0.6 is 0 Å². The van der Waals surface area contributed by atoms with Gasteiger partial charge in [0.1, 0.15) is 0 Å². The lowest BCUT2D eigenvalue weighted by molar-refractivity contribution is 0.585. The molecule has 1 aliphatic heterocycles. The quantitative estimate of drug-likeness (QED) is 0.662. The fraction of sp³-hybridized carbons (Fsp3) is 0.167. The standard InChI is InChI=1S/C12H14N6/c1-18-7-16-10-8(3-2-4-9(10)18)12(14)5-6-15-11(13)17-12/h2-7H,14H2,1H3,(H3,13,15,17). The Hall–Kier alpha value is -2.34. The molecule has 6 heteroatoms. The molecular weight excluding hydrogens is 228 g/mol. The molecule has 1 unspecified atom stereocenters. The first-order chi connectivity index (χ1) is 8.60. The van der Waals surface area contributed by atoms with Crippen molar-refractivity contribution >= 4 is 17.0 Å². The Labute approximate surface area is 104 Å². The number of rotatable bonds is 1. The molecule has 1 atom stereocenters. The maximum atomic E-state index is 6.30. The second kappa shape index (κ2) is 3.58. The van der Waals surface area contributed by atoms with Gasteiger partial charge in [0.2, 0.25) is 0 Å². The number of aryl methyl sites for hydroxylation is 1. The van der Waals surface area contributed by atoms with E-state index in [1.807, 2.05) is 29.8 Å². The van der Waals surface area contributed by atoms with Crippen LogP contribution in [0, 0.1) is 0 Å². The summed E-state index contributed by atoms with van der Waals surface area (Å²) in [6.45, 7) is 0. The minimum absolute atomic E-state index is 0.299. The molecule has 1 aromatic heterocycles. The number of nitrogens with one attached hydrogen (secondary N) is 1. The molecule has 0 fully saturated rings. The Morgan fingerprint density at radius 3 is 3.00 bits per heavy atom. The first kappa shape index (κ1) is 10.8. The Morgan fingerprint density at radius 1 is 1.39 bits per heavy atom. The van der Waals surface area contributed by atoms with E-state index in [9.17, 15) is 0 Å². The topological polar surface area (TPSA) is 94.2 Å². The highest BCUT2D eigenvalue weighted by Gasteiger charge is 2.29. The van der Waals surface area contributed by atoms with Gasteiger partial charge in [-0.15, -0.1) is 0 Å². The van der Waals surface area contributed by atoms with Crippen molar-refractivity contribution in [3.05, 3.63) is 42.4 Å². The number of nitrogens with two attached hydrogens (primary N) is 2. The lowest BCUT2D eigenvalue weighted by atomic mass is 9.98. The first-order valence-corrected chi connectivity index (χ1v) is 5.59. The van der Waals surface area contributed by atoms with Crippen molar-refractivity contribution < 1.29 is 0 Å². The minimum atomic E-state index is -0.969. The van der Waals surface area contributed by atoms with Crippen molar-refractivity contribution in [2.24, 2.45) is 23.5 Å². The molecule has 0 amide bonds. The zero-order valence-corrected chi connectivity index (χ0v) is 9.96. The Bertz CT molecular complexity index is 668. The van der Waals surface area contributed by atoms with Gasteiger partial charge in [-0.3, -0.25) is 5.73 Å². The summed E-state index contributed by atoms with van der Waals surface area (Å²) in [5, 5.41) is 2.80. The van der Waals surface area contributed by atoms with Crippen molar-refractivity contribution in [3.63, 3.8) is 0 Å². The number of para-hydroxylation sites is 1. The van der Waals surface area contributed by atoms with Crippen LogP contribution in [0.2, 0.25) is 0 Å². The van der Waals surface area contributed by atoms with E-state index in [-0.39, 0.29) is 0 Å².